The molecule has 0 spiro atoms. The van der Waals surface area contributed by atoms with Crippen LogP contribution in [0.5, 0.6) is 0 Å². The van der Waals surface area contributed by atoms with Crippen LogP contribution < -0.4 is 10.6 Å². The van der Waals surface area contributed by atoms with Crippen molar-refractivity contribution in [3.8, 4) is 11.3 Å². The molecule has 0 saturated heterocycles. The largest absolute Gasteiger partial charge is 0.324 e. The second kappa shape index (κ2) is 7.71. The van der Waals surface area contributed by atoms with Crippen LogP contribution in [0.25, 0.3) is 11.3 Å². The highest BCUT2D eigenvalue weighted by atomic mass is 32.2. The molecule has 2 heterocycles. The Balaban J connectivity index is 1.68. The van der Waals surface area contributed by atoms with Crippen LogP contribution in [-0.2, 0) is 9.59 Å². The Bertz CT molecular complexity index is 1090. The van der Waals surface area contributed by atoms with Crippen molar-refractivity contribution in [1.29, 1.82) is 0 Å². The molecule has 1 aliphatic heterocycles. The van der Waals surface area contributed by atoms with E-state index >= 15 is 0 Å². The highest BCUT2D eigenvalue weighted by molar-refractivity contribution is 7.98. The van der Waals surface area contributed by atoms with E-state index in [9.17, 15) is 14.0 Å². The summed E-state index contributed by atoms with van der Waals surface area (Å²) in [6, 6.07) is 12.7. The van der Waals surface area contributed by atoms with Gasteiger partial charge in [0.05, 0.1) is 12.1 Å². The van der Waals surface area contributed by atoms with Gasteiger partial charge in [-0.1, -0.05) is 6.07 Å². The fourth-order valence-electron chi connectivity index (χ4n) is 3.35. The molecule has 0 bridgehead atoms. The zero-order valence-electron chi connectivity index (χ0n) is 15.9. The summed E-state index contributed by atoms with van der Waals surface area (Å²) < 4.78 is 14.8. The molecule has 0 fully saturated rings. The zero-order valence-corrected chi connectivity index (χ0v) is 16.7. The minimum absolute atomic E-state index is 0.00890. The summed E-state index contributed by atoms with van der Waals surface area (Å²) in [5.74, 6) is -0.413. The van der Waals surface area contributed by atoms with Crippen molar-refractivity contribution in [2.24, 2.45) is 0 Å². The molecule has 0 radical (unpaired) electrons. The molecular formula is C21H19FN4O2S. The molecule has 0 unspecified atom stereocenters. The summed E-state index contributed by atoms with van der Waals surface area (Å²) in [6.07, 6.45) is 1.95. The molecule has 29 heavy (non-hydrogen) atoms. The van der Waals surface area contributed by atoms with Crippen molar-refractivity contribution < 1.29 is 14.0 Å². The number of thioether (sulfide) groups is 1. The first-order valence-corrected chi connectivity index (χ1v) is 10.3. The predicted octanol–water partition coefficient (Wildman–Crippen LogP) is 4.24. The van der Waals surface area contributed by atoms with E-state index in [-0.39, 0.29) is 24.1 Å². The van der Waals surface area contributed by atoms with Gasteiger partial charge in [-0.25, -0.2) is 9.07 Å². The fraction of sp³-hybridized carbons (Fsp3) is 0.190. The summed E-state index contributed by atoms with van der Waals surface area (Å²) in [6.45, 7) is 1.82. The molecule has 1 aromatic heterocycles. The molecule has 3 aromatic rings. The van der Waals surface area contributed by atoms with Crippen LogP contribution in [0, 0.1) is 12.7 Å². The molecule has 0 saturated carbocycles. The van der Waals surface area contributed by atoms with E-state index < -0.39 is 6.04 Å². The minimum Gasteiger partial charge on any atom is -0.324 e. The summed E-state index contributed by atoms with van der Waals surface area (Å²) in [5, 5.41) is 10.3. The van der Waals surface area contributed by atoms with Crippen LogP contribution >= 0.6 is 11.8 Å². The van der Waals surface area contributed by atoms with Crippen molar-refractivity contribution >= 4 is 35.1 Å². The second-order valence-electron chi connectivity index (χ2n) is 6.76. The predicted molar refractivity (Wildman–Crippen MR) is 111 cm³/mol. The van der Waals surface area contributed by atoms with E-state index in [4.69, 9.17) is 0 Å². The quantitative estimate of drug-likeness (QED) is 0.631. The third-order valence-electron chi connectivity index (χ3n) is 4.84. The van der Waals surface area contributed by atoms with Crippen LogP contribution in [0.3, 0.4) is 0 Å². The van der Waals surface area contributed by atoms with Crippen LogP contribution in [0.2, 0.25) is 0 Å². The third kappa shape index (κ3) is 3.75. The number of anilines is 2. The lowest BCUT2D eigenvalue weighted by molar-refractivity contribution is -0.125. The van der Waals surface area contributed by atoms with Crippen LogP contribution in [0.15, 0.2) is 53.4 Å². The first kappa shape index (κ1) is 19.2. The Kier molecular flexibility index (Phi) is 5.10. The molecule has 8 heteroatoms. The van der Waals surface area contributed by atoms with Gasteiger partial charge in [-0.2, -0.15) is 5.10 Å². The normalized spacial score (nSPS) is 15.6. The summed E-state index contributed by atoms with van der Waals surface area (Å²) in [7, 11) is 0. The maximum atomic E-state index is 13.3. The van der Waals surface area contributed by atoms with Gasteiger partial charge in [-0.3, -0.25) is 9.59 Å². The molecular weight excluding hydrogens is 391 g/mol. The van der Waals surface area contributed by atoms with Gasteiger partial charge in [0, 0.05) is 21.7 Å². The lowest BCUT2D eigenvalue weighted by atomic mass is 10.1. The number of nitrogens with zero attached hydrogens (tertiary/aromatic N) is 2. The molecule has 1 aliphatic rings. The van der Waals surface area contributed by atoms with Gasteiger partial charge in [0.2, 0.25) is 11.8 Å². The third-order valence-corrected chi connectivity index (χ3v) is 5.56. The number of benzene rings is 2. The van der Waals surface area contributed by atoms with E-state index in [2.05, 4.69) is 15.7 Å². The summed E-state index contributed by atoms with van der Waals surface area (Å²) in [5.41, 5.74) is 2.71. The van der Waals surface area contributed by atoms with Gasteiger partial charge in [0.25, 0.3) is 0 Å². The smallest absolute Gasteiger partial charge is 0.249 e. The molecule has 2 N–H and O–H groups in total. The molecule has 0 aliphatic carbocycles. The van der Waals surface area contributed by atoms with E-state index in [1.54, 1.807) is 34.6 Å². The average molecular weight is 410 g/mol. The molecule has 2 amide bonds. The van der Waals surface area contributed by atoms with Crippen molar-refractivity contribution in [3.05, 3.63) is 59.9 Å². The Morgan fingerprint density at radius 3 is 2.76 bits per heavy atom. The zero-order chi connectivity index (χ0) is 20.5. The number of nitrogens with one attached hydrogen (secondary N) is 2. The number of carbonyl (C=O) groups excluding carboxylic acids is 2. The highest BCUT2D eigenvalue weighted by Crippen LogP contribution is 2.34. The Morgan fingerprint density at radius 2 is 2.03 bits per heavy atom. The SMILES string of the molecule is CSc1cccc(NC(=O)[C@@H]2CC(=O)Nc3c(C)c(-c4ccc(F)cc4)nn32)c1. The minimum atomic E-state index is -0.774. The fourth-order valence-corrected chi connectivity index (χ4v) is 3.81. The first-order chi connectivity index (χ1) is 14.0. The van der Waals surface area contributed by atoms with E-state index in [0.29, 0.717) is 22.8 Å². The van der Waals surface area contributed by atoms with Crippen molar-refractivity contribution in [3.63, 3.8) is 0 Å². The van der Waals surface area contributed by atoms with Gasteiger partial charge >= 0.3 is 0 Å². The van der Waals surface area contributed by atoms with E-state index in [0.717, 1.165) is 10.5 Å². The second-order valence-corrected chi connectivity index (χ2v) is 7.64. The number of carbonyl (C=O) groups is 2. The number of fused-ring (bicyclic) bond motifs is 1. The van der Waals surface area contributed by atoms with Crippen LogP contribution in [-0.4, -0.2) is 27.9 Å². The highest BCUT2D eigenvalue weighted by Gasteiger charge is 2.34. The van der Waals surface area contributed by atoms with Gasteiger partial charge < -0.3 is 10.6 Å². The lowest BCUT2D eigenvalue weighted by Crippen LogP contribution is -2.35. The maximum absolute atomic E-state index is 13.3. The molecule has 2 aromatic carbocycles. The molecule has 1 atom stereocenters. The van der Waals surface area contributed by atoms with Crippen LogP contribution in [0.4, 0.5) is 15.9 Å². The maximum Gasteiger partial charge on any atom is 0.249 e. The van der Waals surface area contributed by atoms with E-state index in [1.807, 2.05) is 31.4 Å². The number of hydrogen-bond acceptors (Lipinski definition) is 4. The van der Waals surface area contributed by atoms with Gasteiger partial charge in [-0.15, -0.1) is 11.8 Å². The van der Waals surface area contributed by atoms with Gasteiger partial charge in [0.1, 0.15) is 17.7 Å². The number of aromatic nitrogens is 2. The van der Waals surface area contributed by atoms with E-state index in [1.165, 1.54) is 12.1 Å². The monoisotopic (exact) mass is 410 g/mol. The number of hydrogen-bond donors (Lipinski definition) is 2. The summed E-state index contributed by atoms with van der Waals surface area (Å²) >= 11 is 1.58. The van der Waals surface area contributed by atoms with Gasteiger partial charge in [0.15, 0.2) is 0 Å². The van der Waals surface area contributed by atoms with Crippen molar-refractivity contribution in [2.45, 2.75) is 24.3 Å². The number of amides is 2. The average Bonchev–Trinajstić information content (AvgIpc) is 3.04. The van der Waals surface area contributed by atoms with Gasteiger partial charge in [-0.05, 0) is 55.6 Å². The summed E-state index contributed by atoms with van der Waals surface area (Å²) in [4.78, 5) is 26.2. The molecule has 6 nitrogen and oxygen atoms in total. The molecule has 148 valence electrons. The Labute approximate surface area is 171 Å². The van der Waals surface area contributed by atoms with Crippen LogP contribution in [0.1, 0.15) is 18.0 Å². The van der Waals surface area contributed by atoms with Crippen molar-refractivity contribution in [2.75, 3.05) is 16.9 Å². The standard InChI is InChI=1S/C21H19FN4O2S/c1-12-19(13-6-8-14(22)9-7-13)25-26-17(11-18(27)24-20(12)26)21(28)23-15-4-3-5-16(10-15)29-2/h3-10,17H,11H2,1-2H3,(H,23,28)(H,24,27)/t17-/m0/s1. The van der Waals surface area contributed by atoms with Crippen molar-refractivity contribution in [1.82, 2.24) is 9.78 Å². The first-order valence-electron chi connectivity index (χ1n) is 9.06. The Hall–Kier alpha value is -3.13. The number of rotatable bonds is 4. The Morgan fingerprint density at radius 1 is 1.28 bits per heavy atom. The topological polar surface area (TPSA) is 76.0 Å². The number of halogens is 1. The molecule has 4 rings (SSSR count). The lowest BCUT2D eigenvalue weighted by Gasteiger charge is -2.24.